The Morgan fingerprint density at radius 2 is 2.00 bits per heavy atom. The van der Waals surface area contributed by atoms with Crippen LogP contribution in [-0.2, 0) is 4.84 Å². The quantitative estimate of drug-likeness (QED) is 0.859. The van der Waals surface area contributed by atoms with E-state index >= 15 is 0 Å². The lowest BCUT2D eigenvalue weighted by Gasteiger charge is -2.17. The average Bonchev–Trinajstić information content (AvgIpc) is 2.92. The molecule has 0 saturated carbocycles. The summed E-state index contributed by atoms with van der Waals surface area (Å²) < 4.78 is 0. The molecule has 0 unspecified atom stereocenters. The lowest BCUT2D eigenvalue weighted by atomic mass is 10.0. The third kappa shape index (κ3) is 3.37. The molecule has 0 saturated heterocycles. The van der Waals surface area contributed by atoms with E-state index in [0.717, 1.165) is 6.42 Å². The Hall–Kier alpha value is -2.54. The highest BCUT2D eigenvalue weighted by atomic mass is 16.7. The third-order valence-corrected chi connectivity index (χ3v) is 3.23. The van der Waals surface area contributed by atoms with E-state index in [0.29, 0.717) is 23.4 Å². The molecule has 0 aromatic heterocycles. The van der Waals surface area contributed by atoms with E-state index in [1.54, 1.807) is 36.3 Å². The Morgan fingerprint density at radius 1 is 1.32 bits per heavy atom. The van der Waals surface area contributed by atoms with Crippen LogP contribution in [0.2, 0.25) is 0 Å². The molecule has 118 valence electrons. The van der Waals surface area contributed by atoms with Crippen molar-refractivity contribution in [1.29, 1.82) is 0 Å². The molecule has 1 heterocycles. The van der Waals surface area contributed by atoms with E-state index in [9.17, 15) is 14.7 Å². The number of carboxylic acid groups (broad SMARTS) is 1. The van der Waals surface area contributed by atoms with Crippen molar-refractivity contribution in [1.82, 2.24) is 15.5 Å². The van der Waals surface area contributed by atoms with Crippen LogP contribution in [0.25, 0.3) is 5.76 Å². The summed E-state index contributed by atoms with van der Waals surface area (Å²) >= 11 is 0. The molecule has 0 aliphatic carbocycles. The molecule has 0 bridgehead atoms. The topological polar surface area (TPSA) is 82.1 Å². The first kappa shape index (κ1) is 15.8. The van der Waals surface area contributed by atoms with Crippen molar-refractivity contribution in [2.24, 2.45) is 0 Å². The van der Waals surface area contributed by atoms with Gasteiger partial charge in [0.2, 0.25) is 0 Å². The van der Waals surface area contributed by atoms with Crippen LogP contribution < -0.4 is 5.59 Å². The van der Waals surface area contributed by atoms with Crippen LogP contribution in [0, 0.1) is 0 Å². The van der Waals surface area contributed by atoms with Crippen molar-refractivity contribution in [2.45, 2.75) is 13.3 Å². The first-order valence-corrected chi connectivity index (χ1v) is 6.93. The number of nitrogens with one attached hydrogen (secondary N) is 1. The van der Waals surface area contributed by atoms with E-state index in [-0.39, 0.29) is 11.5 Å². The van der Waals surface area contributed by atoms with Gasteiger partial charge in [0.1, 0.15) is 0 Å². The number of amides is 1. The van der Waals surface area contributed by atoms with Gasteiger partial charge in [-0.1, -0.05) is 12.5 Å². The second-order valence-corrected chi connectivity index (χ2v) is 5.13. The van der Waals surface area contributed by atoms with E-state index in [1.807, 2.05) is 6.92 Å². The first-order chi connectivity index (χ1) is 10.4. The van der Waals surface area contributed by atoms with Gasteiger partial charge in [0.15, 0.2) is 5.76 Å². The number of hydrogen-bond acceptors (Lipinski definition) is 5. The summed E-state index contributed by atoms with van der Waals surface area (Å²) in [5.74, 6) is -0.849. The molecule has 1 amide bonds. The maximum atomic E-state index is 12.4. The summed E-state index contributed by atoms with van der Waals surface area (Å²) in [6, 6.07) is 4.49. The molecule has 1 aromatic carbocycles. The number of aromatic carboxylic acids is 1. The van der Waals surface area contributed by atoms with E-state index < -0.39 is 5.97 Å². The molecule has 22 heavy (non-hydrogen) atoms. The van der Waals surface area contributed by atoms with Gasteiger partial charge in [0.25, 0.3) is 5.91 Å². The summed E-state index contributed by atoms with van der Waals surface area (Å²) in [5.41, 5.74) is 3.51. The van der Waals surface area contributed by atoms with Crippen molar-refractivity contribution in [3.05, 3.63) is 41.1 Å². The van der Waals surface area contributed by atoms with Crippen LogP contribution in [0.1, 0.15) is 39.6 Å². The smallest absolute Gasteiger partial charge is 0.335 e. The molecule has 7 nitrogen and oxygen atoms in total. The number of nitrogens with zero attached hydrogens (tertiary/aromatic N) is 2. The number of hydrogen-bond donors (Lipinski definition) is 2. The van der Waals surface area contributed by atoms with Gasteiger partial charge in [-0.3, -0.25) is 9.80 Å². The van der Waals surface area contributed by atoms with E-state index in [1.165, 1.54) is 12.1 Å². The number of carboxylic acids is 1. The molecule has 1 aliphatic heterocycles. The molecule has 7 heteroatoms. The fraction of sp³-hybridized carbons (Fsp3) is 0.333. The van der Waals surface area contributed by atoms with Crippen molar-refractivity contribution in [3.8, 4) is 0 Å². The molecular formula is C15H19N3O4. The van der Waals surface area contributed by atoms with Gasteiger partial charge in [-0.25, -0.2) is 4.79 Å². The minimum absolute atomic E-state index is 0.0461. The molecule has 0 atom stereocenters. The Balaban J connectivity index is 2.42. The fourth-order valence-corrected chi connectivity index (χ4v) is 2.16. The summed E-state index contributed by atoms with van der Waals surface area (Å²) in [5, 5.41) is 10.8. The highest BCUT2D eigenvalue weighted by Crippen LogP contribution is 2.23. The monoisotopic (exact) mass is 305 g/mol. The number of benzene rings is 1. The van der Waals surface area contributed by atoms with Gasteiger partial charge < -0.3 is 14.8 Å². The van der Waals surface area contributed by atoms with Crippen LogP contribution >= 0.6 is 0 Å². The predicted molar refractivity (Wildman–Crippen MR) is 80.6 cm³/mol. The van der Waals surface area contributed by atoms with E-state index in [2.05, 4.69) is 5.59 Å². The molecule has 1 aliphatic rings. The zero-order chi connectivity index (χ0) is 16.3. The predicted octanol–water partition coefficient (Wildman–Crippen LogP) is 1.55. The van der Waals surface area contributed by atoms with Crippen molar-refractivity contribution in [2.75, 3.05) is 20.6 Å². The Bertz CT molecular complexity index is 627. The lowest BCUT2D eigenvalue weighted by Crippen LogP contribution is -2.27. The minimum Gasteiger partial charge on any atom is -0.478 e. The Morgan fingerprint density at radius 3 is 2.55 bits per heavy atom. The SMILES string of the molecule is CCCN(C)C(=O)c1cc(C(=O)O)cc(C2=CN(C)NO2)c1. The Kier molecular flexibility index (Phi) is 4.67. The number of carbonyl (C=O) groups excluding carboxylic acids is 1. The van der Waals surface area contributed by atoms with Crippen LogP contribution in [0.4, 0.5) is 0 Å². The zero-order valence-corrected chi connectivity index (χ0v) is 12.8. The highest BCUT2D eigenvalue weighted by molar-refractivity contribution is 5.98. The normalized spacial score (nSPS) is 13.6. The highest BCUT2D eigenvalue weighted by Gasteiger charge is 2.19. The van der Waals surface area contributed by atoms with Gasteiger partial charge in [0, 0.05) is 31.8 Å². The maximum Gasteiger partial charge on any atom is 0.335 e. The summed E-state index contributed by atoms with van der Waals surface area (Å²) in [4.78, 5) is 30.5. The summed E-state index contributed by atoms with van der Waals surface area (Å²) in [6.07, 6.45) is 2.50. The van der Waals surface area contributed by atoms with Crippen LogP contribution in [-0.4, -0.2) is 47.5 Å². The zero-order valence-electron chi connectivity index (χ0n) is 12.8. The van der Waals surface area contributed by atoms with Gasteiger partial charge in [-0.15, -0.1) is 0 Å². The number of carbonyl (C=O) groups is 2. The first-order valence-electron chi connectivity index (χ1n) is 6.93. The number of rotatable bonds is 5. The van der Waals surface area contributed by atoms with Crippen LogP contribution in [0.3, 0.4) is 0 Å². The Labute approximate surface area is 128 Å². The van der Waals surface area contributed by atoms with Crippen molar-refractivity contribution >= 4 is 17.6 Å². The van der Waals surface area contributed by atoms with Crippen LogP contribution in [0.5, 0.6) is 0 Å². The number of hydrazine groups is 1. The van der Waals surface area contributed by atoms with Crippen LogP contribution in [0.15, 0.2) is 24.4 Å². The van der Waals surface area contributed by atoms with E-state index in [4.69, 9.17) is 4.84 Å². The minimum atomic E-state index is -1.09. The largest absolute Gasteiger partial charge is 0.478 e. The van der Waals surface area contributed by atoms with Crippen molar-refractivity contribution < 1.29 is 19.5 Å². The molecule has 0 fully saturated rings. The van der Waals surface area contributed by atoms with Gasteiger partial charge in [0.05, 0.1) is 11.8 Å². The van der Waals surface area contributed by atoms with Gasteiger partial charge >= 0.3 is 5.97 Å². The average molecular weight is 305 g/mol. The van der Waals surface area contributed by atoms with Gasteiger partial charge in [-0.05, 0) is 24.6 Å². The second-order valence-electron chi connectivity index (χ2n) is 5.13. The molecule has 2 rings (SSSR count). The third-order valence-electron chi connectivity index (χ3n) is 3.23. The maximum absolute atomic E-state index is 12.4. The molecule has 2 N–H and O–H groups in total. The molecule has 1 aromatic rings. The molecular weight excluding hydrogens is 286 g/mol. The van der Waals surface area contributed by atoms with Gasteiger partial charge in [-0.2, -0.15) is 0 Å². The van der Waals surface area contributed by atoms with Crippen molar-refractivity contribution in [3.63, 3.8) is 0 Å². The fourth-order valence-electron chi connectivity index (χ4n) is 2.16. The molecule has 0 spiro atoms. The second kappa shape index (κ2) is 6.48. The lowest BCUT2D eigenvalue weighted by molar-refractivity contribution is 0.0649. The summed E-state index contributed by atoms with van der Waals surface area (Å²) in [7, 11) is 3.44. The summed E-state index contributed by atoms with van der Waals surface area (Å²) in [6.45, 7) is 2.58. The standard InChI is InChI=1S/C15H19N3O4/c1-4-5-17(2)14(19)11-6-10(7-12(8-11)15(20)21)13-9-18(3)16-22-13/h6-9,16H,4-5H2,1-3H3,(H,20,21). The molecule has 0 radical (unpaired) electrons.